The third kappa shape index (κ3) is 3.02. The molecule has 2 aromatic rings. The van der Waals surface area contributed by atoms with E-state index in [0.29, 0.717) is 30.1 Å². The lowest BCUT2D eigenvalue weighted by Crippen LogP contribution is -2.12. The first-order valence-electron chi connectivity index (χ1n) is 7.20. The minimum atomic E-state index is -0.831. The molecule has 0 aromatic heterocycles. The van der Waals surface area contributed by atoms with Crippen LogP contribution in [0.5, 0.6) is 0 Å². The van der Waals surface area contributed by atoms with E-state index in [9.17, 15) is 13.6 Å². The highest BCUT2D eigenvalue weighted by atomic mass is 19.2. The standard InChI is InChI=1S/C18H16F2O/c19-17-10-7-15(11-18(17)20)14-3-1-12(2-4-14)13-5-8-16(21)9-6-13/h1-4,7,10-11,13H,5-6,8-9H2. The van der Waals surface area contributed by atoms with Gasteiger partial charge in [-0.1, -0.05) is 30.3 Å². The average Bonchev–Trinajstić information content (AvgIpc) is 2.51. The summed E-state index contributed by atoms with van der Waals surface area (Å²) in [6.45, 7) is 0. The molecule has 1 fully saturated rings. The second-order valence-corrected chi connectivity index (χ2v) is 5.56. The third-order valence-corrected chi connectivity index (χ3v) is 4.18. The van der Waals surface area contributed by atoms with Crippen LogP contribution in [0.3, 0.4) is 0 Å². The highest BCUT2D eigenvalue weighted by molar-refractivity contribution is 5.79. The Bertz CT molecular complexity index is 651. The molecule has 0 aliphatic heterocycles. The zero-order valence-electron chi connectivity index (χ0n) is 11.6. The Hall–Kier alpha value is -2.03. The van der Waals surface area contributed by atoms with Gasteiger partial charge >= 0.3 is 0 Å². The van der Waals surface area contributed by atoms with Crippen molar-refractivity contribution in [3.63, 3.8) is 0 Å². The quantitative estimate of drug-likeness (QED) is 0.770. The van der Waals surface area contributed by atoms with Crippen molar-refractivity contribution in [2.24, 2.45) is 0 Å². The van der Waals surface area contributed by atoms with E-state index in [4.69, 9.17) is 0 Å². The van der Waals surface area contributed by atoms with Crippen LogP contribution in [-0.4, -0.2) is 5.78 Å². The summed E-state index contributed by atoms with van der Waals surface area (Å²) in [5.41, 5.74) is 2.75. The lowest BCUT2D eigenvalue weighted by molar-refractivity contribution is -0.120. The summed E-state index contributed by atoms with van der Waals surface area (Å²) in [6.07, 6.45) is 3.14. The number of Topliss-reactive ketones (excluding diaryl/α,β-unsaturated/α-hetero) is 1. The molecule has 0 radical (unpaired) electrons. The van der Waals surface area contributed by atoms with E-state index >= 15 is 0 Å². The fourth-order valence-corrected chi connectivity index (χ4v) is 2.90. The van der Waals surface area contributed by atoms with Gasteiger partial charge in [-0.15, -0.1) is 0 Å². The minimum absolute atomic E-state index is 0.352. The molecule has 0 unspecified atom stereocenters. The topological polar surface area (TPSA) is 17.1 Å². The van der Waals surface area contributed by atoms with Crippen molar-refractivity contribution in [2.75, 3.05) is 0 Å². The lowest BCUT2D eigenvalue weighted by Gasteiger charge is -2.21. The Labute approximate surface area is 122 Å². The molecule has 1 aliphatic carbocycles. The van der Waals surface area contributed by atoms with E-state index in [1.165, 1.54) is 11.6 Å². The van der Waals surface area contributed by atoms with Gasteiger partial charge in [0.25, 0.3) is 0 Å². The van der Waals surface area contributed by atoms with Crippen LogP contribution in [0.4, 0.5) is 8.78 Å². The predicted octanol–water partition coefficient (Wildman–Crippen LogP) is 4.86. The SMILES string of the molecule is O=C1CCC(c2ccc(-c3ccc(F)c(F)c3)cc2)CC1. The zero-order valence-corrected chi connectivity index (χ0v) is 11.6. The van der Waals surface area contributed by atoms with Crippen molar-refractivity contribution in [3.8, 4) is 11.1 Å². The third-order valence-electron chi connectivity index (χ3n) is 4.18. The minimum Gasteiger partial charge on any atom is -0.300 e. The van der Waals surface area contributed by atoms with Gasteiger partial charge in [-0.05, 0) is 47.6 Å². The van der Waals surface area contributed by atoms with Gasteiger partial charge in [-0.3, -0.25) is 4.79 Å². The van der Waals surface area contributed by atoms with E-state index in [-0.39, 0.29) is 0 Å². The van der Waals surface area contributed by atoms with Crippen LogP contribution in [0.15, 0.2) is 42.5 Å². The second-order valence-electron chi connectivity index (χ2n) is 5.56. The maximum Gasteiger partial charge on any atom is 0.159 e. The van der Waals surface area contributed by atoms with Crippen molar-refractivity contribution in [1.29, 1.82) is 0 Å². The van der Waals surface area contributed by atoms with Crippen LogP contribution in [0.1, 0.15) is 37.2 Å². The number of benzene rings is 2. The van der Waals surface area contributed by atoms with Gasteiger partial charge in [-0.25, -0.2) is 8.78 Å². The summed E-state index contributed by atoms with van der Waals surface area (Å²) < 4.78 is 26.2. The van der Waals surface area contributed by atoms with Crippen LogP contribution in [-0.2, 0) is 4.79 Å². The second kappa shape index (κ2) is 5.76. The average molecular weight is 286 g/mol. The Kier molecular flexibility index (Phi) is 3.82. The van der Waals surface area contributed by atoms with Gasteiger partial charge in [0.1, 0.15) is 5.78 Å². The molecule has 0 atom stereocenters. The molecule has 21 heavy (non-hydrogen) atoms. The summed E-state index contributed by atoms with van der Waals surface area (Å²) in [5.74, 6) is -0.879. The summed E-state index contributed by atoms with van der Waals surface area (Å²) >= 11 is 0. The Morgan fingerprint density at radius 3 is 2.05 bits per heavy atom. The van der Waals surface area contributed by atoms with Crippen molar-refractivity contribution >= 4 is 5.78 Å². The molecule has 0 bridgehead atoms. The normalized spacial score (nSPS) is 16.2. The van der Waals surface area contributed by atoms with E-state index in [2.05, 4.69) is 0 Å². The molecular formula is C18H16F2O. The number of rotatable bonds is 2. The molecule has 3 rings (SSSR count). The summed E-state index contributed by atoms with van der Waals surface area (Å²) in [7, 11) is 0. The van der Waals surface area contributed by atoms with Gasteiger partial charge in [0.05, 0.1) is 0 Å². The lowest BCUT2D eigenvalue weighted by atomic mass is 9.83. The van der Waals surface area contributed by atoms with Crippen molar-refractivity contribution < 1.29 is 13.6 Å². The van der Waals surface area contributed by atoms with Crippen LogP contribution in [0.2, 0.25) is 0 Å². The van der Waals surface area contributed by atoms with Gasteiger partial charge < -0.3 is 0 Å². The number of halogens is 2. The van der Waals surface area contributed by atoms with Crippen molar-refractivity contribution in [2.45, 2.75) is 31.6 Å². The molecule has 1 nitrogen and oxygen atoms in total. The van der Waals surface area contributed by atoms with Crippen LogP contribution in [0, 0.1) is 11.6 Å². The van der Waals surface area contributed by atoms with E-state index in [1.54, 1.807) is 6.07 Å². The fourth-order valence-electron chi connectivity index (χ4n) is 2.90. The molecule has 0 saturated heterocycles. The molecule has 2 aromatic carbocycles. The smallest absolute Gasteiger partial charge is 0.159 e. The molecule has 0 spiro atoms. The molecule has 1 saturated carbocycles. The van der Waals surface area contributed by atoms with Gasteiger partial charge in [-0.2, -0.15) is 0 Å². The molecular weight excluding hydrogens is 270 g/mol. The molecule has 0 amide bonds. The maximum absolute atomic E-state index is 13.3. The number of ketones is 1. The monoisotopic (exact) mass is 286 g/mol. The van der Waals surface area contributed by atoms with Crippen molar-refractivity contribution in [1.82, 2.24) is 0 Å². The molecule has 108 valence electrons. The van der Waals surface area contributed by atoms with Crippen molar-refractivity contribution in [3.05, 3.63) is 59.7 Å². The van der Waals surface area contributed by atoms with Crippen LogP contribution < -0.4 is 0 Å². The van der Waals surface area contributed by atoms with Crippen LogP contribution >= 0.6 is 0 Å². The molecule has 0 heterocycles. The van der Waals surface area contributed by atoms with Gasteiger partial charge in [0, 0.05) is 12.8 Å². The summed E-state index contributed by atoms with van der Waals surface area (Å²) in [6, 6.07) is 11.8. The number of carbonyl (C=O) groups excluding carboxylic acids is 1. The summed E-state index contributed by atoms with van der Waals surface area (Å²) in [5, 5.41) is 0. The van der Waals surface area contributed by atoms with Gasteiger partial charge in [0.2, 0.25) is 0 Å². The van der Waals surface area contributed by atoms with Gasteiger partial charge in [0.15, 0.2) is 11.6 Å². The molecule has 1 aliphatic rings. The van der Waals surface area contributed by atoms with Crippen LogP contribution in [0.25, 0.3) is 11.1 Å². The highest BCUT2D eigenvalue weighted by Gasteiger charge is 2.20. The maximum atomic E-state index is 13.3. The number of hydrogen-bond acceptors (Lipinski definition) is 1. The molecule has 3 heteroatoms. The van der Waals surface area contributed by atoms with E-state index in [0.717, 1.165) is 24.5 Å². The number of carbonyl (C=O) groups is 1. The highest BCUT2D eigenvalue weighted by Crippen LogP contribution is 2.32. The van der Waals surface area contributed by atoms with E-state index < -0.39 is 11.6 Å². The van der Waals surface area contributed by atoms with E-state index in [1.807, 2.05) is 24.3 Å². The Morgan fingerprint density at radius 2 is 1.43 bits per heavy atom. The first-order chi connectivity index (χ1) is 10.1. The number of hydrogen-bond donors (Lipinski definition) is 0. The summed E-state index contributed by atoms with van der Waals surface area (Å²) in [4.78, 5) is 11.3. The zero-order chi connectivity index (χ0) is 14.8. The fraction of sp³-hybridized carbons (Fsp3) is 0.278. The first-order valence-corrected chi connectivity index (χ1v) is 7.20. The largest absolute Gasteiger partial charge is 0.300 e. The predicted molar refractivity (Wildman–Crippen MR) is 78.0 cm³/mol. The first kappa shape index (κ1) is 13.9. The Balaban J connectivity index is 1.80. The Morgan fingerprint density at radius 1 is 0.810 bits per heavy atom. The molecule has 0 N–H and O–H groups in total.